The fraction of sp³-hybridized carbons (Fsp3) is 0.0833. The maximum atomic E-state index is 13.6. The fourth-order valence-electron chi connectivity index (χ4n) is 1.28. The van der Waals surface area contributed by atoms with Crippen LogP contribution in [0, 0.1) is 5.82 Å². The van der Waals surface area contributed by atoms with Crippen LogP contribution in [0.25, 0.3) is 0 Å². The molecule has 0 N–H and O–H groups in total. The summed E-state index contributed by atoms with van der Waals surface area (Å²) in [5.41, 5.74) is 0.398. The van der Waals surface area contributed by atoms with Gasteiger partial charge < -0.3 is 4.74 Å². The summed E-state index contributed by atoms with van der Waals surface area (Å²) in [7, 11) is 0. The van der Waals surface area contributed by atoms with Crippen molar-refractivity contribution in [1.29, 1.82) is 0 Å². The van der Waals surface area contributed by atoms with Gasteiger partial charge in [0.05, 0.1) is 9.50 Å². The molecule has 1 aromatic heterocycles. The van der Waals surface area contributed by atoms with Crippen molar-refractivity contribution in [2.24, 2.45) is 0 Å². The van der Waals surface area contributed by atoms with E-state index in [1.165, 1.54) is 6.07 Å². The molecular weight excluding hydrogens is 308 g/mol. The third-order valence-corrected chi connectivity index (χ3v) is 3.02. The summed E-state index contributed by atoms with van der Waals surface area (Å²) in [4.78, 5) is 4.02. The van der Waals surface area contributed by atoms with E-state index in [9.17, 15) is 4.39 Å². The maximum absolute atomic E-state index is 13.6. The maximum Gasteiger partial charge on any atom is 0.228 e. The first-order valence-corrected chi connectivity index (χ1v) is 6.02. The van der Waals surface area contributed by atoms with Gasteiger partial charge in [0.25, 0.3) is 0 Å². The summed E-state index contributed by atoms with van der Waals surface area (Å²) in [5.74, 6) is -0.0342. The average Bonchev–Trinajstić information content (AvgIpc) is 2.33. The zero-order valence-electron chi connectivity index (χ0n) is 8.66. The second-order valence-corrected chi connectivity index (χ2v) is 4.55. The van der Waals surface area contributed by atoms with Crippen molar-refractivity contribution in [3.8, 4) is 5.88 Å². The molecule has 88 valence electrons. The van der Waals surface area contributed by atoms with Gasteiger partial charge >= 0.3 is 0 Å². The summed E-state index contributed by atoms with van der Waals surface area (Å²) in [6.45, 7) is 0.0853. The Morgan fingerprint density at radius 3 is 2.88 bits per heavy atom. The van der Waals surface area contributed by atoms with E-state index >= 15 is 0 Å². The Labute approximate surface area is 112 Å². The molecule has 1 aromatic carbocycles. The van der Waals surface area contributed by atoms with Crippen molar-refractivity contribution in [2.75, 3.05) is 0 Å². The molecule has 2 nitrogen and oxygen atoms in total. The number of hydrogen-bond acceptors (Lipinski definition) is 2. The number of rotatable bonds is 3. The van der Waals surface area contributed by atoms with Crippen LogP contribution in [0.15, 0.2) is 41.0 Å². The quantitative estimate of drug-likeness (QED) is 0.846. The molecule has 0 amide bonds. The van der Waals surface area contributed by atoms with E-state index in [0.29, 0.717) is 11.4 Å². The minimum atomic E-state index is -0.457. The highest BCUT2D eigenvalue weighted by molar-refractivity contribution is 9.10. The Bertz CT molecular complexity index is 536. The monoisotopic (exact) mass is 315 g/mol. The lowest BCUT2D eigenvalue weighted by molar-refractivity contribution is 0.286. The van der Waals surface area contributed by atoms with Crippen LogP contribution in [0.5, 0.6) is 5.88 Å². The normalized spacial score (nSPS) is 10.3. The molecule has 2 rings (SSSR count). The molecule has 5 heteroatoms. The van der Waals surface area contributed by atoms with E-state index in [4.69, 9.17) is 16.3 Å². The van der Waals surface area contributed by atoms with Crippen LogP contribution in [-0.2, 0) is 6.61 Å². The lowest BCUT2D eigenvalue weighted by Crippen LogP contribution is -2.00. The van der Waals surface area contributed by atoms with Gasteiger partial charge in [-0.05, 0) is 34.1 Å². The Morgan fingerprint density at radius 1 is 1.29 bits per heavy atom. The zero-order chi connectivity index (χ0) is 12.3. The fourth-order valence-corrected chi connectivity index (χ4v) is 1.85. The van der Waals surface area contributed by atoms with Crippen molar-refractivity contribution in [2.45, 2.75) is 6.61 Å². The van der Waals surface area contributed by atoms with E-state index in [1.54, 1.807) is 30.5 Å². The van der Waals surface area contributed by atoms with Crippen molar-refractivity contribution in [3.05, 3.63) is 57.4 Å². The summed E-state index contributed by atoms with van der Waals surface area (Å²) in [6, 6.07) is 8.38. The second-order valence-electron chi connectivity index (χ2n) is 3.29. The Balaban J connectivity index is 2.13. The molecular formula is C12H8BrClFNO. The van der Waals surface area contributed by atoms with Gasteiger partial charge in [0, 0.05) is 11.8 Å². The largest absolute Gasteiger partial charge is 0.472 e. The summed E-state index contributed by atoms with van der Waals surface area (Å²) in [6.07, 6.45) is 1.61. The van der Waals surface area contributed by atoms with Crippen LogP contribution in [0.1, 0.15) is 5.56 Å². The molecule has 1 heterocycles. The second kappa shape index (κ2) is 5.47. The van der Waals surface area contributed by atoms with Gasteiger partial charge in [0.1, 0.15) is 12.4 Å². The van der Waals surface area contributed by atoms with Gasteiger partial charge in [0.15, 0.2) is 0 Å². The van der Waals surface area contributed by atoms with Crippen molar-refractivity contribution < 1.29 is 9.13 Å². The van der Waals surface area contributed by atoms with Crippen molar-refractivity contribution in [1.82, 2.24) is 4.98 Å². The first-order chi connectivity index (χ1) is 8.18. The molecule has 0 unspecified atom stereocenters. The Hall–Kier alpha value is -1.13. The molecule has 0 saturated heterocycles. The molecule has 0 fully saturated rings. The lowest BCUT2D eigenvalue weighted by Gasteiger charge is -2.08. The van der Waals surface area contributed by atoms with E-state index in [0.717, 1.165) is 4.47 Å². The molecule has 0 aliphatic heterocycles. The molecule has 0 aliphatic carbocycles. The first kappa shape index (κ1) is 12.3. The standard InChI is InChI=1S/C12H8BrClFNO/c13-9-4-2-6-16-12(9)17-7-8-3-1-5-10(14)11(8)15/h1-6H,7H2. The molecule has 0 bridgehead atoms. The third kappa shape index (κ3) is 2.96. The van der Waals surface area contributed by atoms with Gasteiger partial charge in [-0.15, -0.1) is 0 Å². The summed E-state index contributed by atoms with van der Waals surface area (Å²) < 4.78 is 19.7. The van der Waals surface area contributed by atoms with Crippen LogP contribution in [0.3, 0.4) is 0 Å². The third-order valence-electron chi connectivity index (χ3n) is 2.12. The molecule has 0 radical (unpaired) electrons. The molecule has 0 saturated carbocycles. The lowest BCUT2D eigenvalue weighted by atomic mass is 10.2. The minimum Gasteiger partial charge on any atom is -0.472 e. The average molecular weight is 317 g/mol. The van der Waals surface area contributed by atoms with E-state index in [2.05, 4.69) is 20.9 Å². The number of pyridine rings is 1. The smallest absolute Gasteiger partial charge is 0.228 e. The highest BCUT2D eigenvalue weighted by Crippen LogP contribution is 2.23. The summed E-state index contributed by atoms with van der Waals surface area (Å²) >= 11 is 8.97. The highest BCUT2D eigenvalue weighted by atomic mass is 79.9. The van der Waals surface area contributed by atoms with Crippen molar-refractivity contribution in [3.63, 3.8) is 0 Å². The van der Waals surface area contributed by atoms with Gasteiger partial charge in [0.2, 0.25) is 5.88 Å². The Kier molecular flexibility index (Phi) is 3.97. The first-order valence-electron chi connectivity index (χ1n) is 4.84. The zero-order valence-corrected chi connectivity index (χ0v) is 11.0. The predicted molar refractivity (Wildman–Crippen MR) is 67.7 cm³/mol. The number of ether oxygens (including phenoxy) is 1. The highest BCUT2D eigenvalue weighted by Gasteiger charge is 2.08. The van der Waals surface area contributed by atoms with Gasteiger partial charge in [-0.2, -0.15) is 0 Å². The number of aromatic nitrogens is 1. The number of hydrogen-bond donors (Lipinski definition) is 0. The van der Waals surface area contributed by atoms with Crippen molar-refractivity contribution >= 4 is 27.5 Å². The van der Waals surface area contributed by atoms with Crippen LogP contribution in [-0.4, -0.2) is 4.98 Å². The van der Waals surface area contributed by atoms with E-state index < -0.39 is 5.82 Å². The van der Waals surface area contributed by atoms with Crippen LogP contribution < -0.4 is 4.74 Å². The molecule has 2 aromatic rings. The van der Waals surface area contributed by atoms with E-state index in [1.807, 2.05) is 0 Å². The van der Waals surface area contributed by atoms with Crippen LogP contribution in [0.4, 0.5) is 4.39 Å². The summed E-state index contributed by atoms with van der Waals surface area (Å²) in [5, 5.41) is 0.0891. The van der Waals surface area contributed by atoms with Gasteiger partial charge in [-0.25, -0.2) is 9.37 Å². The van der Waals surface area contributed by atoms with Gasteiger partial charge in [-0.3, -0.25) is 0 Å². The molecule has 0 atom stereocenters. The number of benzene rings is 1. The minimum absolute atomic E-state index is 0.0853. The topological polar surface area (TPSA) is 22.1 Å². The van der Waals surface area contributed by atoms with E-state index in [-0.39, 0.29) is 11.6 Å². The van der Waals surface area contributed by atoms with Gasteiger partial charge in [-0.1, -0.05) is 23.7 Å². The SMILES string of the molecule is Fc1c(Cl)cccc1COc1ncccc1Br. The Morgan fingerprint density at radius 2 is 2.12 bits per heavy atom. The van der Waals surface area contributed by atoms with Crippen LogP contribution >= 0.6 is 27.5 Å². The molecule has 0 spiro atoms. The molecule has 17 heavy (non-hydrogen) atoms. The van der Waals surface area contributed by atoms with Crippen LogP contribution in [0.2, 0.25) is 5.02 Å². The number of nitrogens with zero attached hydrogens (tertiary/aromatic N) is 1. The predicted octanol–water partition coefficient (Wildman–Crippen LogP) is 4.22. The number of halogens is 3. The molecule has 0 aliphatic rings.